The van der Waals surface area contributed by atoms with Crippen molar-refractivity contribution in [3.63, 3.8) is 0 Å². The quantitative estimate of drug-likeness (QED) is 0.887. The zero-order chi connectivity index (χ0) is 15.2. The zero-order valence-corrected chi connectivity index (χ0v) is 11.5. The van der Waals surface area contributed by atoms with Crippen LogP contribution in [0.3, 0.4) is 0 Å². The Morgan fingerprint density at radius 3 is 2.57 bits per heavy atom. The second-order valence-corrected chi connectivity index (χ2v) is 4.44. The summed E-state index contributed by atoms with van der Waals surface area (Å²) in [6.07, 6.45) is 1.89. The van der Waals surface area contributed by atoms with Crippen molar-refractivity contribution in [1.82, 2.24) is 4.98 Å². The third-order valence-corrected chi connectivity index (χ3v) is 2.74. The largest absolute Gasteiger partial charge is 0.369 e. The lowest BCUT2D eigenvalue weighted by atomic mass is 10.2. The van der Waals surface area contributed by atoms with Crippen LogP contribution in [0.5, 0.6) is 0 Å². The van der Waals surface area contributed by atoms with Gasteiger partial charge in [0, 0.05) is 12.2 Å². The number of nitrogens with zero attached hydrogens (tertiary/aromatic N) is 1. The first-order valence-electron chi connectivity index (χ1n) is 6.56. The van der Waals surface area contributed by atoms with Gasteiger partial charge in [0.05, 0.1) is 11.8 Å². The Kier molecular flexibility index (Phi) is 4.81. The van der Waals surface area contributed by atoms with Crippen molar-refractivity contribution in [3.8, 4) is 0 Å². The highest BCUT2D eigenvalue weighted by Crippen LogP contribution is 2.17. The zero-order valence-electron chi connectivity index (χ0n) is 11.5. The molecule has 0 spiro atoms. The standard InChI is InChI=1S/C15H15F2N3O/c1-2-7-18-14-13(8-11(17)9-19-14)15(21)20-12-5-3-10(16)4-6-12/h3-6,8-9H,2,7H2,1H3,(H,18,19)(H,20,21). The Bertz CT molecular complexity index is 629. The van der Waals surface area contributed by atoms with Crippen molar-refractivity contribution in [2.75, 3.05) is 17.2 Å². The monoisotopic (exact) mass is 291 g/mol. The fraction of sp³-hybridized carbons (Fsp3) is 0.200. The van der Waals surface area contributed by atoms with E-state index in [1.54, 1.807) is 0 Å². The molecule has 0 radical (unpaired) electrons. The highest BCUT2D eigenvalue weighted by Gasteiger charge is 2.14. The lowest BCUT2D eigenvalue weighted by molar-refractivity contribution is 0.102. The number of amides is 1. The number of nitrogens with one attached hydrogen (secondary N) is 2. The van der Waals surface area contributed by atoms with Gasteiger partial charge in [-0.3, -0.25) is 4.79 Å². The van der Waals surface area contributed by atoms with E-state index in [2.05, 4.69) is 15.6 Å². The van der Waals surface area contributed by atoms with Crippen molar-refractivity contribution < 1.29 is 13.6 Å². The van der Waals surface area contributed by atoms with Gasteiger partial charge in [0.15, 0.2) is 0 Å². The third-order valence-electron chi connectivity index (χ3n) is 2.74. The summed E-state index contributed by atoms with van der Waals surface area (Å²) < 4.78 is 26.1. The molecule has 110 valence electrons. The van der Waals surface area contributed by atoms with Gasteiger partial charge >= 0.3 is 0 Å². The molecular formula is C15H15F2N3O. The summed E-state index contributed by atoms with van der Waals surface area (Å²) in [6.45, 7) is 2.59. The summed E-state index contributed by atoms with van der Waals surface area (Å²) in [5.41, 5.74) is 0.528. The molecule has 0 saturated heterocycles. The van der Waals surface area contributed by atoms with Gasteiger partial charge in [0.2, 0.25) is 0 Å². The van der Waals surface area contributed by atoms with E-state index in [1.165, 1.54) is 24.3 Å². The molecule has 2 aromatic rings. The Morgan fingerprint density at radius 1 is 1.19 bits per heavy atom. The van der Waals surface area contributed by atoms with Gasteiger partial charge in [0.25, 0.3) is 5.91 Å². The minimum Gasteiger partial charge on any atom is -0.369 e. The van der Waals surface area contributed by atoms with Crippen LogP contribution < -0.4 is 10.6 Å². The number of hydrogen-bond acceptors (Lipinski definition) is 3. The summed E-state index contributed by atoms with van der Waals surface area (Å²) in [7, 11) is 0. The van der Waals surface area contributed by atoms with Crippen LogP contribution in [0.2, 0.25) is 0 Å². The molecule has 0 fully saturated rings. The normalized spacial score (nSPS) is 10.2. The Balaban J connectivity index is 2.20. The molecule has 0 unspecified atom stereocenters. The average molecular weight is 291 g/mol. The number of benzene rings is 1. The number of carbonyl (C=O) groups is 1. The molecule has 1 amide bonds. The van der Waals surface area contributed by atoms with Crippen LogP contribution in [-0.4, -0.2) is 17.4 Å². The molecule has 2 rings (SSSR count). The van der Waals surface area contributed by atoms with Gasteiger partial charge in [-0.25, -0.2) is 13.8 Å². The fourth-order valence-corrected chi connectivity index (χ4v) is 1.73. The predicted molar refractivity (Wildman–Crippen MR) is 77.3 cm³/mol. The molecule has 21 heavy (non-hydrogen) atoms. The lowest BCUT2D eigenvalue weighted by Gasteiger charge is -2.11. The molecule has 0 aliphatic carbocycles. The van der Waals surface area contributed by atoms with Crippen LogP contribution in [0.4, 0.5) is 20.3 Å². The molecular weight excluding hydrogens is 276 g/mol. The highest BCUT2D eigenvalue weighted by atomic mass is 19.1. The number of carbonyl (C=O) groups excluding carboxylic acids is 1. The summed E-state index contributed by atoms with van der Waals surface area (Å²) in [4.78, 5) is 16.1. The van der Waals surface area contributed by atoms with Gasteiger partial charge < -0.3 is 10.6 Å². The van der Waals surface area contributed by atoms with Crippen LogP contribution >= 0.6 is 0 Å². The van der Waals surface area contributed by atoms with Gasteiger partial charge in [-0.05, 0) is 36.8 Å². The fourth-order valence-electron chi connectivity index (χ4n) is 1.73. The number of halogens is 2. The lowest BCUT2D eigenvalue weighted by Crippen LogP contribution is -2.16. The first-order chi connectivity index (χ1) is 10.1. The smallest absolute Gasteiger partial charge is 0.259 e. The van der Waals surface area contributed by atoms with E-state index in [4.69, 9.17) is 0 Å². The minimum absolute atomic E-state index is 0.104. The maximum atomic E-state index is 13.3. The topological polar surface area (TPSA) is 54.0 Å². The number of hydrogen-bond donors (Lipinski definition) is 2. The molecule has 4 nitrogen and oxygen atoms in total. The molecule has 6 heteroatoms. The molecule has 0 atom stereocenters. The van der Waals surface area contributed by atoms with E-state index in [1.807, 2.05) is 6.92 Å². The van der Waals surface area contributed by atoms with Crippen molar-refractivity contribution in [2.24, 2.45) is 0 Å². The average Bonchev–Trinajstić information content (AvgIpc) is 2.48. The van der Waals surface area contributed by atoms with E-state index in [0.29, 0.717) is 18.1 Å². The van der Waals surface area contributed by atoms with Gasteiger partial charge in [-0.2, -0.15) is 0 Å². The molecule has 1 aromatic heterocycles. The molecule has 0 bridgehead atoms. The Hall–Kier alpha value is -2.50. The first kappa shape index (κ1) is 14.9. The maximum absolute atomic E-state index is 13.3. The second-order valence-electron chi connectivity index (χ2n) is 4.44. The van der Waals surface area contributed by atoms with Crippen molar-refractivity contribution in [1.29, 1.82) is 0 Å². The van der Waals surface area contributed by atoms with Crippen molar-refractivity contribution >= 4 is 17.4 Å². The van der Waals surface area contributed by atoms with Gasteiger partial charge in [-0.15, -0.1) is 0 Å². The number of pyridine rings is 1. The maximum Gasteiger partial charge on any atom is 0.259 e. The number of rotatable bonds is 5. The molecule has 0 aliphatic rings. The van der Waals surface area contributed by atoms with Crippen molar-refractivity contribution in [2.45, 2.75) is 13.3 Å². The van der Waals surface area contributed by atoms with Gasteiger partial charge in [0.1, 0.15) is 17.5 Å². The van der Waals surface area contributed by atoms with E-state index >= 15 is 0 Å². The Labute approximate surface area is 121 Å². The summed E-state index contributed by atoms with van der Waals surface area (Å²) in [5.74, 6) is -1.18. The van der Waals surface area contributed by atoms with E-state index in [9.17, 15) is 13.6 Å². The van der Waals surface area contributed by atoms with E-state index in [0.717, 1.165) is 18.7 Å². The van der Waals surface area contributed by atoms with E-state index in [-0.39, 0.29) is 5.56 Å². The van der Waals surface area contributed by atoms with Crippen LogP contribution in [-0.2, 0) is 0 Å². The number of aromatic nitrogens is 1. The van der Waals surface area contributed by atoms with Crippen molar-refractivity contribution in [3.05, 3.63) is 53.7 Å². The first-order valence-corrected chi connectivity index (χ1v) is 6.56. The SMILES string of the molecule is CCCNc1ncc(F)cc1C(=O)Nc1ccc(F)cc1. The molecule has 2 N–H and O–H groups in total. The molecule has 0 aliphatic heterocycles. The molecule has 0 saturated carbocycles. The third kappa shape index (κ3) is 3.98. The molecule has 1 aromatic carbocycles. The van der Waals surface area contributed by atoms with Crippen LogP contribution in [0.1, 0.15) is 23.7 Å². The summed E-state index contributed by atoms with van der Waals surface area (Å²) in [5, 5.41) is 5.54. The Morgan fingerprint density at radius 2 is 1.90 bits per heavy atom. The number of anilines is 2. The second kappa shape index (κ2) is 6.78. The highest BCUT2D eigenvalue weighted by molar-refractivity contribution is 6.07. The molecule has 1 heterocycles. The summed E-state index contributed by atoms with van der Waals surface area (Å²) >= 11 is 0. The summed E-state index contributed by atoms with van der Waals surface area (Å²) in [6, 6.07) is 6.44. The van der Waals surface area contributed by atoms with Gasteiger partial charge in [-0.1, -0.05) is 6.92 Å². The van der Waals surface area contributed by atoms with Crippen LogP contribution in [0.15, 0.2) is 36.5 Å². The van der Waals surface area contributed by atoms with Crippen LogP contribution in [0, 0.1) is 11.6 Å². The van der Waals surface area contributed by atoms with E-state index < -0.39 is 17.5 Å². The predicted octanol–water partition coefficient (Wildman–Crippen LogP) is 3.43. The minimum atomic E-state index is -0.596. The van der Waals surface area contributed by atoms with Crippen LogP contribution in [0.25, 0.3) is 0 Å².